The molecule has 0 aliphatic rings. The molecular formula is C18H14BrN3O4S2. The van der Waals surface area contributed by atoms with Crippen molar-refractivity contribution >= 4 is 56.3 Å². The maximum absolute atomic E-state index is 12.2. The Labute approximate surface area is 177 Å². The number of aromatic nitrogens is 1. The van der Waals surface area contributed by atoms with E-state index < -0.39 is 4.92 Å². The molecule has 1 heterocycles. The second kappa shape index (κ2) is 9.18. The summed E-state index contributed by atoms with van der Waals surface area (Å²) in [4.78, 5) is 27.1. The Morgan fingerprint density at radius 3 is 2.75 bits per heavy atom. The summed E-state index contributed by atoms with van der Waals surface area (Å²) >= 11 is 6.20. The average Bonchev–Trinajstić information content (AvgIpc) is 3.16. The molecule has 7 nitrogen and oxygen atoms in total. The number of nitrogens with zero attached hydrogens (tertiary/aromatic N) is 2. The van der Waals surface area contributed by atoms with Crippen LogP contribution in [-0.4, -0.2) is 28.7 Å². The predicted molar refractivity (Wildman–Crippen MR) is 114 cm³/mol. The van der Waals surface area contributed by atoms with Crippen molar-refractivity contribution in [3.8, 4) is 17.0 Å². The van der Waals surface area contributed by atoms with Crippen LogP contribution in [0.2, 0.25) is 0 Å². The van der Waals surface area contributed by atoms with Gasteiger partial charge < -0.3 is 10.1 Å². The minimum absolute atomic E-state index is 0.104. The third-order valence-electron chi connectivity index (χ3n) is 3.62. The molecule has 0 aliphatic carbocycles. The number of ether oxygens (including phenoxy) is 1. The summed E-state index contributed by atoms with van der Waals surface area (Å²) in [6.45, 7) is 0. The quantitative estimate of drug-likeness (QED) is 0.283. The molecule has 2 aromatic carbocycles. The van der Waals surface area contributed by atoms with Gasteiger partial charge >= 0.3 is 0 Å². The number of methoxy groups -OCH3 is 1. The zero-order valence-corrected chi connectivity index (χ0v) is 17.8. The van der Waals surface area contributed by atoms with Crippen molar-refractivity contribution in [3.63, 3.8) is 0 Å². The third-order valence-corrected chi connectivity index (χ3v) is 6.17. The van der Waals surface area contributed by atoms with E-state index in [1.165, 1.54) is 48.4 Å². The van der Waals surface area contributed by atoms with Gasteiger partial charge in [-0.3, -0.25) is 14.9 Å². The molecule has 0 bridgehead atoms. The van der Waals surface area contributed by atoms with Crippen LogP contribution in [0.1, 0.15) is 0 Å². The number of carbonyl (C=O) groups is 1. The van der Waals surface area contributed by atoms with Crippen LogP contribution in [0.15, 0.2) is 56.7 Å². The van der Waals surface area contributed by atoms with E-state index in [2.05, 4.69) is 26.2 Å². The molecule has 1 N–H and O–H groups in total. The molecule has 0 spiro atoms. The highest BCUT2D eigenvalue weighted by atomic mass is 79.9. The molecule has 3 aromatic rings. The number of nitro groups is 1. The second-order valence-corrected chi connectivity index (χ2v) is 8.48. The number of benzene rings is 2. The highest BCUT2D eigenvalue weighted by Gasteiger charge is 2.14. The van der Waals surface area contributed by atoms with Crippen molar-refractivity contribution in [2.75, 3.05) is 18.2 Å². The van der Waals surface area contributed by atoms with E-state index in [9.17, 15) is 14.9 Å². The van der Waals surface area contributed by atoms with Gasteiger partial charge in [0.05, 0.1) is 35.2 Å². The van der Waals surface area contributed by atoms with E-state index in [0.29, 0.717) is 5.69 Å². The molecule has 3 rings (SSSR count). The normalized spacial score (nSPS) is 10.5. The Kier molecular flexibility index (Phi) is 6.65. The van der Waals surface area contributed by atoms with Crippen LogP contribution in [0.3, 0.4) is 0 Å². The number of nitro benzene ring substituents is 1. The van der Waals surface area contributed by atoms with E-state index in [0.717, 1.165) is 20.1 Å². The summed E-state index contributed by atoms with van der Waals surface area (Å²) in [5.74, 6) is 0.143. The van der Waals surface area contributed by atoms with Crippen molar-refractivity contribution in [2.24, 2.45) is 0 Å². The molecule has 0 atom stereocenters. The van der Waals surface area contributed by atoms with Crippen molar-refractivity contribution < 1.29 is 14.5 Å². The molecule has 0 saturated carbocycles. The maximum atomic E-state index is 12.2. The minimum Gasteiger partial charge on any atom is -0.494 e. The summed E-state index contributed by atoms with van der Waals surface area (Å²) in [6, 6.07) is 11.9. The first kappa shape index (κ1) is 20.3. The number of halogens is 1. The summed E-state index contributed by atoms with van der Waals surface area (Å²) in [7, 11) is 1.39. The molecule has 10 heteroatoms. The first-order chi connectivity index (χ1) is 13.5. The molecule has 1 amide bonds. The van der Waals surface area contributed by atoms with Crippen LogP contribution in [0.4, 0.5) is 11.4 Å². The third kappa shape index (κ3) is 5.09. The summed E-state index contributed by atoms with van der Waals surface area (Å²) in [5, 5.41) is 15.5. The lowest BCUT2D eigenvalue weighted by Crippen LogP contribution is -2.14. The van der Waals surface area contributed by atoms with Crippen molar-refractivity contribution in [1.82, 2.24) is 4.98 Å². The van der Waals surface area contributed by atoms with Gasteiger partial charge in [-0.2, -0.15) is 0 Å². The van der Waals surface area contributed by atoms with Gasteiger partial charge in [0.15, 0.2) is 4.34 Å². The van der Waals surface area contributed by atoms with Gasteiger partial charge in [0.2, 0.25) is 5.91 Å². The molecule has 1 aromatic heterocycles. The van der Waals surface area contributed by atoms with Gasteiger partial charge in [-0.25, -0.2) is 4.98 Å². The number of hydrogen-bond acceptors (Lipinski definition) is 7. The largest absolute Gasteiger partial charge is 0.494 e. The first-order valence-corrected chi connectivity index (χ1v) is 10.6. The lowest BCUT2D eigenvalue weighted by Gasteiger charge is -2.09. The topological polar surface area (TPSA) is 94.4 Å². The van der Waals surface area contributed by atoms with Crippen molar-refractivity contribution in [2.45, 2.75) is 4.34 Å². The van der Waals surface area contributed by atoms with E-state index >= 15 is 0 Å². The lowest BCUT2D eigenvalue weighted by molar-refractivity contribution is -0.384. The number of rotatable bonds is 7. The van der Waals surface area contributed by atoms with Gasteiger partial charge in [-0.05, 0) is 18.2 Å². The Morgan fingerprint density at radius 1 is 1.32 bits per heavy atom. The summed E-state index contributed by atoms with van der Waals surface area (Å²) in [5.41, 5.74) is 2.14. The summed E-state index contributed by atoms with van der Waals surface area (Å²) in [6.07, 6.45) is 0. The standard InChI is InChI=1S/C18H14BrN3O4S2/c1-26-16-8-13(22(24)25)6-7-14(16)20-17(23)10-28-18-21-15(9-27-18)11-2-4-12(19)5-3-11/h2-9H,10H2,1H3,(H,20,23). The monoisotopic (exact) mass is 479 g/mol. The average molecular weight is 480 g/mol. The van der Waals surface area contributed by atoms with E-state index in [1.54, 1.807) is 0 Å². The molecule has 28 heavy (non-hydrogen) atoms. The molecule has 144 valence electrons. The fourth-order valence-corrected chi connectivity index (χ4v) is 4.19. The minimum atomic E-state index is -0.518. The molecule has 0 unspecified atom stereocenters. The summed E-state index contributed by atoms with van der Waals surface area (Å²) < 4.78 is 6.90. The SMILES string of the molecule is COc1cc([N+](=O)[O-])ccc1NC(=O)CSc1nc(-c2ccc(Br)cc2)cs1. The van der Waals surface area contributed by atoms with Gasteiger partial charge in [-0.15, -0.1) is 11.3 Å². The van der Waals surface area contributed by atoms with Gasteiger partial charge in [-0.1, -0.05) is 39.8 Å². The number of thiazole rings is 1. The number of thioether (sulfide) groups is 1. The van der Waals surface area contributed by atoms with Gasteiger partial charge in [0.25, 0.3) is 5.69 Å². The Balaban J connectivity index is 1.60. The highest BCUT2D eigenvalue weighted by Crippen LogP contribution is 2.31. The van der Waals surface area contributed by atoms with E-state index in [1.807, 2.05) is 29.6 Å². The van der Waals surface area contributed by atoms with Gasteiger partial charge in [0.1, 0.15) is 5.75 Å². The molecule has 0 aliphatic heterocycles. The van der Waals surface area contributed by atoms with Crippen LogP contribution >= 0.6 is 39.0 Å². The lowest BCUT2D eigenvalue weighted by atomic mass is 10.2. The van der Waals surface area contributed by atoms with Crippen LogP contribution in [0, 0.1) is 10.1 Å². The Hall–Kier alpha value is -2.43. The van der Waals surface area contributed by atoms with Crippen LogP contribution in [-0.2, 0) is 4.79 Å². The Bertz CT molecular complexity index is 1010. The zero-order valence-electron chi connectivity index (χ0n) is 14.5. The van der Waals surface area contributed by atoms with Crippen LogP contribution in [0.5, 0.6) is 5.75 Å². The maximum Gasteiger partial charge on any atom is 0.273 e. The molecule has 0 radical (unpaired) electrons. The van der Waals surface area contributed by atoms with E-state index in [4.69, 9.17) is 4.74 Å². The number of non-ortho nitro benzene ring substituents is 1. The first-order valence-electron chi connectivity index (χ1n) is 7.93. The number of carbonyl (C=O) groups excluding carboxylic acids is 1. The van der Waals surface area contributed by atoms with Crippen LogP contribution < -0.4 is 10.1 Å². The van der Waals surface area contributed by atoms with Crippen molar-refractivity contribution in [1.29, 1.82) is 0 Å². The zero-order chi connectivity index (χ0) is 20.1. The smallest absolute Gasteiger partial charge is 0.273 e. The molecule has 0 fully saturated rings. The number of amides is 1. The van der Waals surface area contributed by atoms with Crippen LogP contribution in [0.25, 0.3) is 11.3 Å². The second-order valence-electron chi connectivity index (χ2n) is 5.48. The van der Waals surface area contributed by atoms with Crippen molar-refractivity contribution in [3.05, 3.63) is 62.4 Å². The molecule has 0 saturated heterocycles. The highest BCUT2D eigenvalue weighted by molar-refractivity contribution is 9.10. The molecular weight excluding hydrogens is 466 g/mol. The number of hydrogen-bond donors (Lipinski definition) is 1. The fourth-order valence-electron chi connectivity index (χ4n) is 2.29. The number of nitrogens with one attached hydrogen (secondary N) is 1. The predicted octanol–water partition coefficient (Wildman–Crippen LogP) is 5.22. The van der Waals surface area contributed by atoms with E-state index in [-0.39, 0.29) is 23.1 Å². The Morgan fingerprint density at radius 2 is 2.07 bits per heavy atom. The number of anilines is 1. The fraction of sp³-hybridized carbons (Fsp3) is 0.111. The van der Waals surface area contributed by atoms with Gasteiger partial charge in [0, 0.05) is 21.5 Å².